The van der Waals surface area contributed by atoms with E-state index in [1.54, 1.807) is 29.2 Å². The first kappa shape index (κ1) is 20.7. The van der Waals surface area contributed by atoms with Crippen LogP contribution in [-0.4, -0.2) is 61.7 Å². The molecule has 4 heterocycles. The summed E-state index contributed by atoms with van der Waals surface area (Å²) in [5.41, 5.74) is 2.89. The van der Waals surface area contributed by atoms with Gasteiger partial charge in [0, 0.05) is 38.6 Å². The lowest BCUT2D eigenvalue weighted by Gasteiger charge is -2.34. The zero-order valence-electron chi connectivity index (χ0n) is 17.9. The standard InChI is InChI=1S/C24H22FN7O/c25-19-7-8-20(28-16-19)21-15-22(18-5-2-1-3-6-18)32(29-21)17-23(33)30-11-13-31(14-12-30)24-26-9-4-10-27-24/h1-10,15-16H,11-14,17H2. The third-order valence-corrected chi connectivity index (χ3v) is 5.59. The zero-order chi connectivity index (χ0) is 22.6. The Balaban J connectivity index is 1.35. The van der Waals surface area contributed by atoms with Crippen LogP contribution >= 0.6 is 0 Å². The molecule has 1 aliphatic heterocycles. The number of piperazine rings is 1. The summed E-state index contributed by atoms with van der Waals surface area (Å²) in [5.74, 6) is 0.263. The highest BCUT2D eigenvalue weighted by molar-refractivity contribution is 5.78. The van der Waals surface area contributed by atoms with E-state index in [2.05, 4.69) is 25.0 Å². The fourth-order valence-corrected chi connectivity index (χ4v) is 3.87. The Kier molecular flexibility index (Phi) is 5.75. The van der Waals surface area contributed by atoms with Crippen molar-refractivity contribution in [3.8, 4) is 22.6 Å². The molecule has 8 nitrogen and oxygen atoms in total. The molecule has 9 heteroatoms. The van der Waals surface area contributed by atoms with Crippen molar-refractivity contribution in [3.63, 3.8) is 0 Å². The van der Waals surface area contributed by atoms with Gasteiger partial charge in [0.15, 0.2) is 0 Å². The Morgan fingerprint density at radius 2 is 1.64 bits per heavy atom. The number of halogens is 1. The lowest BCUT2D eigenvalue weighted by Crippen LogP contribution is -2.50. The molecule has 0 spiro atoms. The van der Waals surface area contributed by atoms with Crippen LogP contribution in [0.25, 0.3) is 22.6 Å². The van der Waals surface area contributed by atoms with E-state index in [0.29, 0.717) is 43.5 Å². The van der Waals surface area contributed by atoms with Crippen molar-refractivity contribution in [1.29, 1.82) is 0 Å². The van der Waals surface area contributed by atoms with E-state index in [0.717, 1.165) is 17.5 Å². The molecule has 1 fully saturated rings. The summed E-state index contributed by atoms with van der Waals surface area (Å²) >= 11 is 0. The summed E-state index contributed by atoms with van der Waals surface area (Å²) in [6, 6.07) is 16.4. The largest absolute Gasteiger partial charge is 0.338 e. The highest BCUT2D eigenvalue weighted by Gasteiger charge is 2.24. The molecule has 5 rings (SSSR count). The number of anilines is 1. The zero-order valence-corrected chi connectivity index (χ0v) is 17.9. The monoisotopic (exact) mass is 443 g/mol. The molecule has 0 atom stereocenters. The van der Waals surface area contributed by atoms with Crippen LogP contribution in [0.3, 0.4) is 0 Å². The van der Waals surface area contributed by atoms with Gasteiger partial charge in [-0.1, -0.05) is 30.3 Å². The lowest BCUT2D eigenvalue weighted by atomic mass is 10.1. The summed E-state index contributed by atoms with van der Waals surface area (Å²) in [6.45, 7) is 2.63. The quantitative estimate of drug-likeness (QED) is 0.472. The molecule has 166 valence electrons. The van der Waals surface area contributed by atoms with Crippen molar-refractivity contribution in [1.82, 2.24) is 29.6 Å². The van der Waals surface area contributed by atoms with Gasteiger partial charge in [-0.15, -0.1) is 0 Å². The molecule has 0 radical (unpaired) electrons. The molecule has 0 bridgehead atoms. The van der Waals surface area contributed by atoms with Gasteiger partial charge in [0.25, 0.3) is 0 Å². The van der Waals surface area contributed by atoms with Gasteiger partial charge in [-0.05, 0) is 29.8 Å². The normalized spacial score (nSPS) is 13.8. The van der Waals surface area contributed by atoms with E-state index in [1.165, 1.54) is 6.07 Å². The fourth-order valence-electron chi connectivity index (χ4n) is 3.87. The molecule has 1 saturated heterocycles. The average Bonchev–Trinajstić information content (AvgIpc) is 3.29. The van der Waals surface area contributed by atoms with E-state index >= 15 is 0 Å². The van der Waals surface area contributed by atoms with E-state index < -0.39 is 5.82 Å². The molecule has 33 heavy (non-hydrogen) atoms. The second-order valence-corrected chi connectivity index (χ2v) is 7.72. The SMILES string of the molecule is O=C(Cn1nc(-c2ccc(F)cn2)cc1-c1ccccc1)N1CCN(c2ncccn2)CC1. The van der Waals surface area contributed by atoms with E-state index in [4.69, 9.17) is 0 Å². The Morgan fingerprint density at radius 3 is 2.33 bits per heavy atom. The molecule has 1 amide bonds. The Bertz CT molecular complexity index is 1220. The van der Waals surface area contributed by atoms with E-state index in [-0.39, 0.29) is 12.5 Å². The minimum absolute atomic E-state index is 0.0115. The number of pyridine rings is 1. The molecule has 0 N–H and O–H groups in total. The third-order valence-electron chi connectivity index (χ3n) is 5.59. The minimum atomic E-state index is -0.406. The molecule has 0 unspecified atom stereocenters. The first-order valence-corrected chi connectivity index (χ1v) is 10.7. The van der Waals surface area contributed by atoms with Gasteiger partial charge in [-0.3, -0.25) is 14.5 Å². The highest BCUT2D eigenvalue weighted by atomic mass is 19.1. The van der Waals surface area contributed by atoms with Gasteiger partial charge in [0.2, 0.25) is 11.9 Å². The maximum absolute atomic E-state index is 13.3. The van der Waals surface area contributed by atoms with Gasteiger partial charge >= 0.3 is 0 Å². The molecule has 3 aromatic heterocycles. The van der Waals surface area contributed by atoms with Crippen molar-refractivity contribution in [2.75, 3.05) is 31.1 Å². The fraction of sp³-hybridized carbons (Fsp3) is 0.208. The number of benzene rings is 1. The number of amides is 1. The summed E-state index contributed by atoms with van der Waals surface area (Å²) < 4.78 is 15.0. The Labute approximate surface area is 190 Å². The second-order valence-electron chi connectivity index (χ2n) is 7.72. The van der Waals surface area contributed by atoms with Gasteiger partial charge < -0.3 is 9.80 Å². The number of nitrogens with zero attached hydrogens (tertiary/aromatic N) is 7. The first-order valence-electron chi connectivity index (χ1n) is 10.7. The van der Waals surface area contributed by atoms with Crippen LogP contribution in [0.4, 0.5) is 10.3 Å². The summed E-state index contributed by atoms with van der Waals surface area (Å²) in [5, 5.41) is 4.64. The maximum Gasteiger partial charge on any atom is 0.244 e. The highest BCUT2D eigenvalue weighted by Crippen LogP contribution is 2.25. The summed E-state index contributed by atoms with van der Waals surface area (Å²) in [7, 11) is 0. The third kappa shape index (κ3) is 4.57. The topological polar surface area (TPSA) is 80.0 Å². The number of hydrogen-bond donors (Lipinski definition) is 0. The van der Waals surface area contributed by atoms with Crippen molar-refractivity contribution < 1.29 is 9.18 Å². The molecule has 1 aliphatic rings. The van der Waals surface area contributed by atoms with E-state index in [9.17, 15) is 9.18 Å². The van der Waals surface area contributed by atoms with Crippen LogP contribution < -0.4 is 4.90 Å². The van der Waals surface area contributed by atoms with Crippen molar-refractivity contribution in [2.24, 2.45) is 0 Å². The van der Waals surface area contributed by atoms with Crippen LogP contribution in [0, 0.1) is 5.82 Å². The minimum Gasteiger partial charge on any atom is -0.338 e. The molecule has 4 aromatic rings. The Morgan fingerprint density at radius 1 is 0.879 bits per heavy atom. The summed E-state index contributed by atoms with van der Waals surface area (Å²) in [4.78, 5) is 29.8. The lowest BCUT2D eigenvalue weighted by molar-refractivity contribution is -0.132. The molecular formula is C24H22FN7O. The molecule has 1 aromatic carbocycles. The van der Waals surface area contributed by atoms with Crippen molar-refractivity contribution >= 4 is 11.9 Å². The summed E-state index contributed by atoms with van der Waals surface area (Å²) in [6.07, 6.45) is 4.60. The Hall–Kier alpha value is -4.14. The van der Waals surface area contributed by atoms with Gasteiger partial charge in [-0.2, -0.15) is 5.10 Å². The number of aromatic nitrogens is 5. The number of hydrogen-bond acceptors (Lipinski definition) is 6. The van der Waals surface area contributed by atoms with Gasteiger partial charge in [0.1, 0.15) is 18.1 Å². The van der Waals surface area contributed by atoms with Crippen LogP contribution in [0.2, 0.25) is 0 Å². The van der Waals surface area contributed by atoms with Gasteiger partial charge in [-0.25, -0.2) is 14.4 Å². The van der Waals surface area contributed by atoms with E-state index in [1.807, 2.05) is 41.3 Å². The van der Waals surface area contributed by atoms with Crippen LogP contribution in [-0.2, 0) is 11.3 Å². The van der Waals surface area contributed by atoms with Crippen molar-refractivity contribution in [2.45, 2.75) is 6.54 Å². The number of carbonyl (C=O) groups excluding carboxylic acids is 1. The molecule has 0 saturated carbocycles. The smallest absolute Gasteiger partial charge is 0.244 e. The number of rotatable bonds is 5. The molecular weight excluding hydrogens is 421 g/mol. The average molecular weight is 443 g/mol. The number of carbonyl (C=O) groups is 1. The van der Waals surface area contributed by atoms with Crippen LogP contribution in [0.1, 0.15) is 0 Å². The van der Waals surface area contributed by atoms with Crippen LogP contribution in [0.15, 0.2) is 73.2 Å². The van der Waals surface area contributed by atoms with Crippen LogP contribution in [0.5, 0.6) is 0 Å². The first-order chi connectivity index (χ1) is 16.2. The maximum atomic E-state index is 13.3. The predicted molar refractivity (Wildman–Crippen MR) is 122 cm³/mol. The van der Waals surface area contributed by atoms with Crippen molar-refractivity contribution in [3.05, 3.63) is 79.0 Å². The molecule has 0 aliphatic carbocycles. The van der Waals surface area contributed by atoms with Gasteiger partial charge in [0.05, 0.1) is 17.6 Å². The second kappa shape index (κ2) is 9.15. The predicted octanol–water partition coefficient (Wildman–Crippen LogP) is 2.89.